The van der Waals surface area contributed by atoms with Crippen molar-refractivity contribution in [2.24, 2.45) is 0 Å². The summed E-state index contributed by atoms with van der Waals surface area (Å²) in [4.78, 5) is 23.0. The Morgan fingerprint density at radius 2 is 1.95 bits per heavy atom. The average Bonchev–Trinajstić information content (AvgIpc) is 2.79. The highest BCUT2D eigenvalue weighted by Crippen LogP contribution is 2.26. The molecular formula is C15H13N3O2. The SMILES string of the molecule is Cc1nc2ccc(C(C(=O)O)c3ccncc3)cc2[nH]1. The van der Waals surface area contributed by atoms with Gasteiger partial charge in [-0.15, -0.1) is 0 Å². The first-order chi connectivity index (χ1) is 9.65. The second-order valence-corrected chi connectivity index (χ2v) is 4.65. The molecule has 0 spiro atoms. The number of hydrogen-bond acceptors (Lipinski definition) is 3. The van der Waals surface area contributed by atoms with E-state index in [2.05, 4.69) is 15.0 Å². The van der Waals surface area contributed by atoms with E-state index in [4.69, 9.17) is 0 Å². The van der Waals surface area contributed by atoms with Crippen molar-refractivity contribution in [1.82, 2.24) is 15.0 Å². The van der Waals surface area contributed by atoms with E-state index in [1.807, 2.05) is 25.1 Å². The summed E-state index contributed by atoms with van der Waals surface area (Å²) in [6, 6.07) is 8.93. The van der Waals surface area contributed by atoms with Gasteiger partial charge in [-0.3, -0.25) is 9.78 Å². The van der Waals surface area contributed by atoms with Crippen LogP contribution in [-0.2, 0) is 4.79 Å². The van der Waals surface area contributed by atoms with Crippen LogP contribution >= 0.6 is 0 Å². The Kier molecular flexibility index (Phi) is 2.95. The normalized spacial score (nSPS) is 12.4. The van der Waals surface area contributed by atoms with Gasteiger partial charge in [-0.1, -0.05) is 6.07 Å². The van der Waals surface area contributed by atoms with Crippen molar-refractivity contribution in [1.29, 1.82) is 0 Å². The Morgan fingerprint density at radius 1 is 1.20 bits per heavy atom. The van der Waals surface area contributed by atoms with Crippen LogP contribution in [0.1, 0.15) is 22.9 Å². The maximum atomic E-state index is 11.6. The molecule has 2 N–H and O–H groups in total. The first kappa shape index (κ1) is 12.3. The van der Waals surface area contributed by atoms with Crippen molar-refractivity contribution < 1.29 is 9.90 Å². The summed E-state index contributed by atoms with van der Waals surface area (Å²) in [7, 11) is 0. The molecule has 1 unspecified atom stereocenters. The molecule has 5 heteroatoms. The van der Waals surface area contributed by atoms with Crippen LogP contribution in [0.15, 0.2) is 42.7 Å². The lowest BCUT2D eigenvalue weighted by molar-refractivity contribution is -0.137. The number of aromatic nitrogens is 3. The highest BCUT2D eigenvalue weighted by atomic mass is 16.4. The number of hydrogen-bond donors (Lipinski definition) is 2. The van der Waals surface area contributed by atoms with Gasteiger partial charge in [-0.05, 0) is 42.3 Å². The molecule has 0 aliphatic rings. The molecule has 0 amide bonds. The third-order valence-electron chi connectivity index (χ3n) is 3.24. The lowest BCUT2D eigenvalue weighted by Crippen LogP contribution is -2.13. The minimum atomic E-state index is -0.883. The van der Waals surface area contributed by atoms with E-state index in [1.165, 1.54) is 0 Å². The lowest BCUT2D eigenvalue weighted by Gasteiger charge is -2.12. The molecular weight excluding hydrogens is 254 g/mol. The van der Waals surface area contributed by atoms with E-state index in [0.717, 1.165) is 22.4 Å². The molecule has 5 nitrogen and oxygen atoms in total. The van der Waals surface area contributed by atoms with Crippen LogP contribution in [0.3, 0.4) is 0 Å². The molecule has 2 heterocycles. The number of rotatable bonds is 3. The molecule has 0 saturated carbocycles. The number of benzene rings is 1. The van der Waals surface area contributed by atoms with Crippen LogP contribution in [-0.4, -0.2) is 26.0 Å². The van der Waals surface area contributed by atoms with Crippen molar-refractivity contribution in [3.63, 3.8) is 0 Å². The summed E-state index contributed by atoms with van der Waals surface area (Å²) in [6.07, 6.45) is 3.20. The second kappa shape index (κ2) is 4.77. The average molecular weight is 267 g/mol. The number of nitrogens with zero attached hydrogens (tertiary/aromatic N) is 2. The fourth-order valence-electron chi connectivity index (χ4n) is 2.37. The molecule has 100 valence electrons. The number of aliphatic carboxylic acids is 1. The van der Waals surface area contributed by atoms with Gasteiger partial charge < -0.3 is 10.1 Å². The molecule has 0 saturated heterocycles. The van der Waals surface area contributed by atoms with E-state index in [0.29, 0.717) is 5.56 Å². The molecule has 0 radical (unpaired) electrons. The van der Waals surface area contributed by atoms with Crippen LogP contribution in [0.2, 0.25) is 0 Å². The predicted molar refractivity (Wildman–Crippen MR) is 74.5 cm³/mol. The van der Waals surface area contributed by atoms with Crippen LogP contribution < -0.4 is 0 Å². The summed E-state index contributed by atoms with van der Waals surface area (Å²) in [5.74, 6) is -0.772. The zero-order valence-corrected chi connectivity index (χ0v) is 10.9. The van der Waals surface area contributed by atoms with Crippen LogP contribution in [0.5, 0.6) is 0 Å². The molecule has 20 heavy (non-hydrogen) atoms. The number of nitrogens with one attached hydrogen (secondary N) is 1. The van der Waals surface area contributed by atoms with E-state index in [-0.39, 0.29) is 0 Å². The smallest absolute Gasteiger partial charge is 0.315 e. The third kappa shape index (κ3) is 2.14. The number of fused-ring (bicyclic) bond motifs is 1. The molecule has 3 aromatic rings. The van der Waals surface area contributed by atoms with Gasteiger partial charge >= 0.3 is 5.97 Å². The van der Waals surface area contributed by atoms with Gasteiger partial charge in [-0.2, -0.15) is 0 Å². The molecule has 0 bridgehead atoms. The van der Waals surface area contributed by atoms with E-state index in [9.17, 15) is 9.90 Å². The highest BCUT2D eigenvalue weighted by molar-refractivity contribution is 5.83. The van der Waals surface area contributed by atoms with Gasteiger partial charge in [0.05, 0.1) is 11.0 Å². The minimum absolute atomic E-state index is 0.703. The van der Waals surface area contributed by atoms with Gasteiger partial charge in [0.2, 0.25) is 0 Å². The summed E-state index contributed by atoms with van der Waals surface area (Å²) in [5, 5.41) is 9.51. The Morgan fingerprint density at radius 3 is 2.65 bits per heavy atom. The molecule has 0 fully saturated rings. The monoisotopic (exact) mass is 267 g/mol. The summed E-state index contributed by atoms with van der Waals surface area (Å²) in [5.41, 5.74) is 3.12. The Bertz CT molecular complexity index is 765. The number of imidazole rings is 1. The van der Waals surface area contributed by atoms with Gasteiger partial charge in [0.25, 0.3) is 0 Å². The van der Waals surface area contributed by atoms with Crippen molar-refractivity contribution in [2.45, 2.75) is 12.8 Å². The Balaban J connectivity index is 2.12. The number of aromatic amines is 1. The molecule has 1 aromatic carbocycles. The lowest BCUT2D eigenvalue weighted by atomic mass is 9.92. The maximum absolute atomic E-state index is 11.6. The standard InChI is InChI=1S/C15H13N3O2/c1-9-17-12-3-2-11(8-13(12)18-9)14(15(19)20)10-4-6-16-7-5-10/h2-8,14H,1H3,(H,17,18)(H,19,20). The van der Waals surface area contributed by atoms with Crippen LogP contribution in [0, 0.1) is 6.92 Å². The number of carbonyl (C=O) groups is 1. The first-order valence-electron chi connectivity index (χ1n) is 6.24. The topological polar surface area (TPSA) is 78.9 Å². The number of pyridine rings is 1. The minimum Gasteiger partial charge on any atom is -0.481 e. The van der Waals surface area contributed by atoms with Crippen molar-refractivity contribution in [2.75, 3.05) is 0 Å². The number of carboxylic acid groups (broad SMARTS) is 1. The largest absolute Gasteiger partial charge is 0.481 e. The summed E-state index contributed by atoms with van der Waals surface area (Å²) in [6.45, 7) is 1.87. The Labute approximate surface area is 115 Å². The zero-order valence-electron chi connectivity index (χ0n) is 10.9. The fraction of sp³-hybridized carbons (Fsp3) is 0.133. The summed E-state index contributed by atoms with van der Waals surface area (Å²) < 4.78 is 0. The summed E-state index contributed by atoms with van der Waals surface area (Å²) >= 11 is 0. The van der Waals surface area contributed by atoms with Gasteiger partial charge in [0.15, 0.2) is 0 Å². The van der Waals surface area contributed by atoms with Crippen LogP contribution in [0.25, 0.3) is 11.0 Å². The van der Waals surface area contributed by atoms with Crippen molar-refractivity contribution in [3.05, 3.63) is 59.7 Å². The van der Waals surface area contributed by atoms with Crippen molar-refractivity contribution >= 4 is 17.0 Å². The quantitative estimate of drug-likeness (QED) is 0.764. The number of aryl methyl sites for hydroxylation is 1. The van der Waals surface area contributed by atoms with Gasteiger partial charge in [0, 0.05) is 12.4 Å². The third-order valence-corrected chi connectivity index (χ3v) is 3.24. The van der Waals surface area contributed by atoms with Gasteiger partial charge in [0.1, 0.15) is 11.7 Å². The fourth-order valence-corrected chi connectivity index (χ4v) is 2.37. The molecule has 0 aliphatic carbocycles. The molecule has 2 aromatic heterocycles. The predicted octanol–water partition coefficient (Wildman–Crippen LogP) is 2.48. The second-order valence-electron chi connectivity index (χ2n) is 4.65. The van der Waals surface area contributed by atoms with Gasteiger partial charge in [-0.25, -0.2) is 4.98 Å². The van der Waals surface area contributed by atoms with E-state index >= 15 is 0 Å². The maximum Gasteiger partial charge on any atom is 0.315 e. The number of carboxylic acids is 1. The van der Waals surface area contributed by atoms with Crippen LogP contribution in [0.4, 0.5) is 0 Å². The highest BCUT2D eigenvalue weighted by Gasteiger charge is 2.22. The zero-order chi connectivity index (χ0) is 14.1. The Hall–Kier alpha value is -2.69. The first-order valence-corrected chi connectivity index (χ1v) is 6.24. The number of H-pyrrole nitrogens is 1. The molecule has 0 aliphatic heterocycles. The van der Waals surface area contributed by atoms with E-state index < -0.39 is 11.9 Å². The van der Waals surface area contributed by atoms with E-state index in [1.54, 1.807) is 24.5 Å². The van der Waals surface area contributed by atoms with Crippen molar-refractivity contribution in [3.8, 4) is 0 Å². The molecule has 1 atom stereocenters. The molecule has 3 rings (SSSR count).